The number of methoxy groups -OCH3 is 1. The Kier molecular flexibility index (Phi) is 6.40. The van der Waals surface area contributed by atoms with Crippen molar-refractivity contribution in [1.29, 1.82) is 0 Å². The molecule has 0 saturated carbocycles. The molecule has 9 heteroatoms. The van der Waals surface area contributed by atoms with Crippen molar-refractivity contribution < 1.29 is 14.3 Å². The number of aromatic nitrogens is 2. The fourth-order valence-electron chi connectivity index (χ4n) is 3.15. The molecule has 2 aromatic rings. The highest BCUT2D eigenvalue weighted by Gasteiger charge is 2.20. The molecule has 3 rings (SSSR count). The second-order valence-corrected chi connectivity index (χ2v) is 6.70. The molecule has 0 aliphatic carbocycles. The number of para-hydroxylation sites is 1. The molecule has 1 amide bonds. The van der Waals surface area contributed by atoms with Crippen molar-refractivity contribution in [2.24, 2.45) is 11.5 Å². The van der Waals surface area contributed by atoms with Crippen LogP contribution in [-0.4, -0.2) is 36.5 Å². The Bertz CT molecular complexity index is 924. The Morgan fingerprint density at radius 2 is 2.24 bits per heavy atom. The predicted octanol–water partition coefficient (Wildman–Crippen LogP) is 1.67. The molecular weight excluding hydrogens is 372 g/mol. The molecule has 1 unspecified atom stereocenters. The van der Waals surface area contributed by atoms with Gasteiger partial charge < -0.3 is 31.6 Å². The molecule has 29 heavy (non-hydrogen) atoms. The van der Waals surface area contributed by atoms with Gasteiger partial charge in [0.25, 0.3) is 0 Å². The van der Waals surface area contributed by atoms with Gasteiger partial charge in [-0.25, -0.2) is 0 Å². The Balaban J connectivity index is 1.92. The summed E-state index contributed by atoms with van der Waals surface area (Å²) in [6.45, 7) is 3.16. The molecule has 1 aromatic carbocycles. The summed E-state index contributed by atoms with van der Waals surface area (Å²) in [5.74, 6) is 0.811. The second-order valence-electron chi connectivity index (χ2n) is 6.70. The van der Waals surface area contributed by atoms with Crippen LogP contribution in [0, 0.1) is 0 Å². The van der Waals surface area contributed by atoms with E-state index in [0.29, 0.717) is 35.8 Å². The number of rotatable bonds is 8. The molecule has 1 fully saturated rings. The van der Waals surface area contributed by atoms with E-state index in [1.54, 1.807) is 20.1 Å². The lowest BCUT2D eigenvalue weighted by Gasteiger charge is -2.16. The molecule has 9 nitrogen and oxygen atoms in total. The molecular formula is C20H26N6O3. The molecule has 1 aliphatic rings. The Hall–Kier alpha value is -3.46. The van der Waals surface area contributed by atoms with E-state index in [-0.39, 0.29) is 11.9 Å². The van der Waals surface area contributed by atoms with Crippen molar-refractivity contribution in [3.05, 3.63) is 53.9 Å². The molecule has 1 atom stereocenters. The molecule has 0 spiro atoms. The van der Waals surface area contributed by atoms with E-state index in [9.17, 15) is 4.79 Å². The smallest absolute Gasteiger partial charge is 0.212 e. The van der Waals surface area contributed by atoms with Crippen LogP contribution in [0.1, 0.15) is 19.4 Å². The largest absolute Gasteiger partial charge is 0.494 e. The molecule has 2 heterocycles. The number of nitrogens with one attached hydrogen (secondary N) is 2. The lowest BCUT2D eigenvalue weighted by molar-refractivity contribution is -0.108. The van der Waals surface area contributed by atoms with E-state index in [4.69, 9.17) is 20.9 Å². The van der Waals surface area contributed by atoms with Gasteiger partial charge >= 0.3 is 0 Å². The summed E-state index contributed by atoms with van der Waals surface area (Å²) in [7, 11) is 1.61. The summed E-state index contributed by atoms with van der Waals surface area (Å²) in [5, 5.41) is 10.1. The predicted molar refractivity (Wildman–Crippen MR) is 111 cm³/mol. The SMILES string of the molecule is COc1c(NC(/C=C(\N)NC=O)=C(\C)N)cccc1-c1cnn(C2CCOC2)c1. The maximum absolute atomic E-state index is 10.6. The van der Waals surface area contributed by atoms with Crippen molar-refractivity contribution in [3.63, 3.8) is 0 Å². The highest BCUT2D eigenvalue weighted by molar-refractivity contribution is 5.78. The van der Waals surface area contributed by atoms with E-state index >= 15 is 0 Å². The maximum Gasteiger partial charge on any atom is 0.212 e. The van der Waals surface area contributed by atoms with Crippen LogP contribution in [0.4, 0.5) is 5.69 Å². The van der Waals surface area contributed by atoms with Gasteiger partial charge in [0, 0.05) is 35.7 Å². The molecule has 1 saturated heterocycles. The van der Waals surface area contributed by atoms with Crippen LogP contribution < -0.4 is 26.8 Å². The third-order valence-corrected chi connectivity index (χ3v) is 4.63. The van der Waals surface area contributed by atoms with Crippen LogP contribution >= 0.6 is 0 Å². The van der Waals surface area contributed by atoms with Gasteiger partial charge in [-0.3, -0.25) is 9.48 Å². The Labute approximate surface area is 169 Å². The number of anilines is 1. The number of allylic oxidation sites excluding steroid dienone is 2. The minimum Gasteiger partial charge on any atom is -0.494 e. The summed E-state index contributed by atoms with van der Waals surface area (Å²) in [4.78, 5) is 10.6. The first-order valence-electron chi connectivity index (χ1n) is 9.23. The number of ether oxygens (including phenoxy) is 2. The summed E-state index contributed by atoms with van der Waals surface area (Å²) in [6, 6.07) is 6.01. The van der Waals surface area contributed by atoms with Gasteiger partial charge in [0.15, 0.2) is 0 Å². The van der Waals surface area contributed by atoms with E-state index in [1.807, 2.05) is 35.3 Å². The van der Waals surface area contributed by atoms with Crippen LogP contribution in [0.25, 0.3) is 11.1 Å². The zero-order chi connectivity index (χ0) is 20.8. The van der Waals surface area contributed by atoms with Gasteiger partial charge in [0.05, 0.1) is 37.3 Å². The van der Waals surface area contributed by atoms with E-state index in [2.05, 4.69) is 15.7 Å². The number of hydrogen-bond acceptors (Lipinski definition) is 7. The van der Waals surface area contributed by atoms with Crippen LogP contribution in [0.5, 0.6) is 5.75 Å². The standard InChI is InChI=1S/C20H26N6O3/c1-13(21)18(8-19(22)23-12-27)25-17-5-3-4-16(20(17)28-2)14-9-24-26(10-14)15-6-7-29-11-15/h3-5,8-10,12,15,25H,6-7,11,21-22H2,1-2H3,(H,23,27)/b18-13+,19-8+. The highest BCUT2D eigenvalue weighted by Crippen LogP contribution is 2.37. The van der Waals surface area contributed by atoms with Crippen molar-refractivity contribution in [2.45, 2.75) is 19.4 Å². The van der Waals surface area contributed by atoms with Gasteiger partial charge in [-0.05, 0) is 19.4 Å². The molecule has 0 radical (unpaired) electrons. The van der Waals surface area contributed by atoms with E-state index in [1.165, 1.54) is 0 Å². The van der Waals surface area contributed by atoms with Crippen molar-refractivity contribution >= 4 is 12.1 Å². The maximum atomic E-state index is 10.6. The average molecular weight is 398 g/mol. The quantitative estimate of drug-likeness (QED) is 0.393. The third-order valence-electron chi connectivity index (χ3n) is 4.63. The number of nitrogens with two attached hydrogens (primary N) is 2. The van der Waals surface area contributed by atoms with Crippen molar-refractivity contribution in [2.75, 3.05) is 25.6 Å². The molecule has 0 bridgehead atoms. The third kappa shape index (κ3) is 4.69. The Morgan fingerprint density at radius 1 is 1.41 bits per heavy atom. The summed E-state index contributed by atoms with van der Waals surface area (Å²) in [6.07, 6.45) is 6.82. The number of carbonyl (C=O) groups is 1. The summed E-state index contributed by atoms with van der Waals surface area (Å²) >= 11 is 0. The second kappa shape index (κ2) is 9.16. The first kappa shape index (κ1) is 20.3. The number of benzene rings is 1. The lowest BCUT2D eigenvalue weighted by atomic mass is 10.1. The summed E-state index contributed by atoms with van der Waals surface area (Å²) in [5.41, 5.74) is 15.3. The van der Waals surface area contributed by atoms with Gasteiger partial charge in [0.1, 0.15) is 11.6 Å². The number of amides is 1. The van der Waals surface area contributed by atoms with Gasteiger partial charge in [-0.1, -0.05) is 12.1 Å². The zero-order valence-corrected chi connectivity index (χ0v) is 16.5. The summed E-state index contributed by atoms with van der Waals surface area (Å²) < 4.78 is 13.1. The monoisotopic (exact) mass is 398 g/mol. The van der Waals surface area contributed by atoms with Gasteiger partial charge in [-0.15, -0.1) is 0 Å². The molecule has 6 N–H and O–H groups in total. The number of carbonyl (C=O) groups excluding carboxylic acids is 1. The normalized spacial score (nSPS) is 17.6. The fourth-order valence-corrected chi connectivity index (χ4v) is 3.15. The highest BCUT2D eigenvalue weighted by atomic mass is 16.5. The van der Waals surface area contributed by atoms with Crippen molar-refractivity contribution in [1.82, 2.24) is 15.1 Å². The number of nitrogens with zero attached hydrogens (tertiary/aromatic N) is 2. The minimum atomic E-state index is 0.169. The van der Waals surface area contributed by atoms with E-state index < -0.39 is 0 Å². The minimum absolute atomic E-state index is 0.169. The topological polar surface area (TPSA) is 129 Å². The van der Waals surface area contributed by atoms with Crippen LogP contribution in [0.15, 0.2) is 53.9 Å². The molecule has 1 aromatic heterocycles. The average Bonchev–Trinajstić information content (AvgIpc) is 3.39. The van der Waals surface area contributed by atoms with Gasteiger partial charge in [0.2, 0.25) is 6.41 Å². The molecule has 1 aliphatic heterocycles. The van der Waals surface area contributed by atoms with E-state index in [0.717, 1.165) is 24.2 Å². The first-order chi connectivity index (χ1) is 14.0. The Morgan fingerprint density at radius 3 is 2.90 bits per heavy atom. The fraction of sp³-hybridized carbons (Fsp3) is 0.300. The lowest BCUT2D eigenvalue weighted by Crippen LogP contribution is -2.19. The first-order valence-corrected chi connectivity index (χ1v) is 9.23. The van der Waals surface area contributed by atoms with Crippen molar-refractivity contribution in [3.8, 4) is 16.9 Å². The van der Waals surface area contributed by atoms with Crippen LogP contribution in [0.2, 0.25) is 0 Å². The van der Waals surface area contributed by atoms with Crippen LogP contribution in [-0.2, 0) is 9.53 Å². The zero-order valence-electron chi connectivity index (χ0n) is 16.5. The van der Waals surface area contributed by atoms with Gasteiger partial charge in [-0.2, -0.15) is 5.10 Å². The number of hydrogen-bond donors (Lipinski definition) is 4. The molecule has 154 valence electrons. The van der Waals surface area contributed by atoms with Crippen LogP contribution in [0.3, 0.4) is 0 Å².